The van der Waals surface area contributed by atoms with Gasteiger partial charge in [-0.2, -0.15) is 0 Å². The van der Waals surface area contributed by atoms with E-state index < -0.39 is 17.8 Å². The van der Waals surface area contributed by atoms with E-state index in [-0.39, 0.29) is 25.2 Å². The highest BCUT2D eigenvalue weighted by Gasteiger charge is 2.16. The Bertz CT molecular complexity index is 561. The third-order valence-corrected chi connectivity index (χ3v) is 3.05. The number of thiophene rings is 1. The lowest BCUT2D eigenvalue weighted by Gasteiger charge is -2.16. The van der Waals surface area contributed by atoms with Crippen LogP contribution in [0.2, 0.25) is 0 Å². The second kappa shape index (κ2) is 7.28. The number of carbonyl (C=O) groups excluding carboxylic acids is 2. The molecule has 0 saturated carbocycles. The lowest BCUT2D eigenvalue weighted by atomic mass is 10.3. The number of carboxylic acid groups (broad SMARTS) is 1. The Morgan fingerprint density at radius 1 is 1.45 bits per heavy atom. The van der Waals surface area contributed by atoms with Crippen LogP contribution in [0.5, 0.6) is 0 Å². The maximum atomic E-state index is 11.8. The van der Waals surface area contributed by atoms with E-state index in [4.69, 9.17) is 17.3 Å². The summed E-state index contributed by atoms with van der Waals surface area (Å²) < 4.78 is 0. The molecule has 0 unspecified atom stereocenters. The van der Waals surface area contributed by atoms with E-state index in [2.05, 4.69) is 11.2 Å². The Balaban J connectivity index is 2.66. The number of terminal acetylenes is 1. The van der Waals surface area contributed by atoms with Gasteiger partial charge in [-0.05, 0) is 11.4 Å². The second-order valence-corrected chi connectivity index (χ2v) is 4.73. The molecule has 1 aromatic heterocycles. The van der Waals surface area contributed by atoms with Crippen LogP contribution in [0.15, 0.2) is 11.4 Å². The molecule has 0 saturated heterocycles. The number of carbonyl (C=O) groups is 3. The molecule has 7 nitrogen and oxygen atoms in total. The van der Waals surface area contributed by atoms with Crippen molar-refractivity contribution in [3.8, 4) is 12.3 Å². The van der Waals surface area contributed by atoms with Gasteiger partial charge in [-0.25, -0.2) is 0 Å². The summed E-state index contributed by atoms with van der Waals surface area (Å²) in [5.74, 6) is 0.0846. The number of primary amides is 1. The van der Waals surface area contributed by atoms with E-state index in [1.807, 2.05) is 0 Å². The highest BCUT2D eigenvalue weighted by Crippen LogP contribution is 2.22. The third kappa shape index (κ3) is 4.72. The third-order valence-electron chi connectivity index (χ3n) is 2.22. The molecule has 1 aromatic rings. The summed E-state index contributed by atoms with van der Waals surface area (Å²) >= 11 is 1.15. The molecule has 0 radical (unpaired) electrons. The largest absolute Gasteiger partial charge is 0.480 e. The van der Waals surface area contributed by atoms with Gasteiger partial charge in [0.25, 0.3) is 5.91 Å². The number of amides is 2. The number of nitrogens with one attached hydrogen (secondary N) is 1. The van der Waals surface area contributed by atoms with Crippen molar-refractivity contribution in [3.63, 3.8) is 0 Å². The highest BCUT2D eigenvalue weighted by molar-refractivity contribution is 7.14. The van der Waals surface area contributed by atoms with E-state index in [1.165, 1.54) is 11.0 Å². The number of nitrogens with zero attached hydrogens (tertiary/aromatic N) is 1. The molecule has 1 heterocycles. The van der Waals surface area contributed by atoms with Gasteiger partial charge in [0.05, 0.1) is 25.2 Å². The Hall–Kier alpha value is -2.37. The van der Waals surface area contributed by atoms with Crippen LogP contribution in [-0.4, -0.2) is 47.4 Å². The Morgan fingerprint density at radius 3 is 2.70 bits per heavy atom. The lowest BCUT2D eigenvalue weighted by Crippen LogP contribution is -2.37. The van der Waals surface area contributed by atoms with Crippen LogP contribution in [0, 0.1) is 12.3 Å². The van der Waals surface area contributed by atoms with Gasteiger partial charge in [0.1, 0.15) is 5.00 Å². The van der Waals surface area contributed by atoms with Crippen LogP contribution in [0.4, 0.5) is 5.00 Å². The topological polar surface area (TPSA) is 113 Å². The first kappa shape index (κ1) is 15.7. The fourth-order valence-corrected chi connectivity index (χ4v) is 2.27. The summed E-state index contributed by atoms with van der Waals surface area (Å²) in [6.07, 6.45) is 5.11. The summed E-state index contributed by atoms with van der Waals surface area (Å²) in [6.45, 7) is -0.496. The molecule has 0 aromatic carbocycles. The zero-order chi connectivity index (χ0) is 15.1. The van der Waals surface area contributed by atoms with E-state index in [0.29, 0.717) is 5.00 Å². The Morgan fingerprint density at radius 2 is 2.15 bits per heavy atom. The van der Waals surface area contributed by atoms with Gasteiger partial charge in [-0.15, -0.1) is 17.8 Å². The average molecular weight is 295 g/mol. The first-order valence-electron chi connectivity index (χ1n) is 5.48. The Labute approximate surface area is 119 Å². The smallest absolute Gasteiger partial charge is 0.317 e. The first-order chi connectivity index (χ1) is 9.43. The SMILES string of the molecule is C#CCN(CC(=O)O)CC(=O)Nc1sccc1C(N)=O. The molecule has 0 fully saturated rings. The molecular weight excluding hydrogens is 282 g/mol. The van der Waals surface area contributed by atoms with E-state index in [0.717, 1.165) is 11.3 Å². The zero-order valence-corrected chi connectivity index (χ0v) is 11.3. The predicted molar refractivity (Wildman–Crippen MR) is 74.4 cm³/mol. The number of nitrogens with two attached hydrogens (primary N) is 1. The van der Waals surface area contributed by atoms with E-state index in [9.17, 15) is 14.4 Å². The van der Waals surface area contributed by atoms with Crippen molar-refractivity contribution in [1.29, 1.82) is 0 Å². The van der Waals surface area contributed by atoms with Crippen molar-refractivity contribution in [2.45, 2.75) is 0 Å². The van der Waals surface area contributed by atoms with Crippen LogP contribution in [-0.2, 0) is 9.59 Å². The summed E-state index contributed by atoms with van der Waals surface area (Å²) in [5, 5.41) is 13.2. The van der Waals surface area contributed by atoms with Crippen molar-refractivity contribution in [2.75, 3.05) is 25.0 Å². The van der Waals surface area contributed by atoms with E-state index in [1.54, 1.807) is 5.38 Å². The van der Waals surface area contributed by atoms with Gasteiger partial charge < -0.3 is 16.2 Å². The molecule has 0 aliphatic heterocycles. The van der Waals surface area contributed by atoms with Crippen molar-refractivity contribution in [3.05, 3.63) is 17.0 Å². The lowest BCUT2D eigenvalue weighted by molar-refractivity contribution is -0.138. The maximum Gasteiger partial charge on any atom is 0.317 e. The fraction of sp³-hybridized carbons (Fsp3) is 0.250. The van der Waals surface area contributed by atoms with E-state index >= 15 is 0 Å². The molecule has 20 heavy (non-hydrogen) atoms. The number of carboxylic acids is 1. The molecule has 106 valence electrons. The van der Waals surface area contributed by atoms with Gasteiger partial charge in [-0.3, -0.25) is 19.3 Å². The van der Waals surface area contributed by atoms with Crippen LogP contribution >= 0.6 is 11.3 Å². The quantitative estimate of drug-likeness (QED) is 0.603. The maximum absolute atomic E-state index is 11.8. The molecule has 0 spiro atoms. The minimum absolute atomic E-state index is 0.0346. The van der Waals surface area contributed by atoms with Crippen molar-refractivity contribution >= 4 is 34.1 Å². The minimum atomic E-state index is -1.08. The highest BCUT2D eigenvalue weighted by atomic mass is 32.1. The molecule has 1 rings (SSSR count). The normalized spacial score (nSPS) is 10.0. The number of hydrogen-bond donors (Lipinski definition) is 3. The molecular formula is C12H13N3O4S. The van der Waals surface area contributed by atoms with Gasteiger partial charge in [0.2, 0.25) is 5.91 Å². The molecule has 4 N–H and O–H groups in total. The number of aliphatic carboxylic acids is 1. The number of hydrogen-bond acceptors (Lipinski definition) is 5. The Kier molecular flexibility index (Phi) is 5.71. The van der Waals surface area contributed by atoms with Crippen LogP contribution in [0.3, 0.4) is 0 Å². The van der Waals surface area contributed by atoms with Crippen molar-refractivity contribution in [2.24, 2.45) is 5.73 Å². The predicted octanol–water partition coefficient (Wildman–Crippen LogP) is -0.195. The molecule has 8 heteroatoms. The molecule has 2 amide bonds. The van der Waals surface area contributed by atoms with Gasteiger partial charge in [-0.1, -0.05) is 5.92 Å². The molecule has 0 aliphatic carbocycles. The summed E-state index contributed by atoms with van der Waals surface area (Å²) in [7, 11) is 0. The van der Waals surface area contributed by atoms with Crippen LogP contribution in [0.25, 0.3) is 0 Å². The fourth-order valence-electron chi connectivity index (χ4n) is 1.46. The molecule has 0 atom stereocenters. The standard InChI is InChI=1S/C12H13N3O4S/c1-2-4-15(7-10(17)18)6-9(16)14-12-8(11(13)19)3-5-20-12/h1,3,5H,4,6-7H2,(H2,13,19)(H,14,16)(H,17,18). The van der Waals surface area contributed by atoms with Crippen LogP contribution in [0.1, 0.15) is 10.4 Å². The van der Waals surface area contributed by atoms with Gasteiger partial charge in [0, 0.05) is 0 Å². The first-order valence-corrected chi connectivity index (χ1v) is 6.36. The monoisotopic (exact) mass is 295 g/mol. The van der Waals surface area contributed by atoms with Gasteiger partial charge >= 0.3 is 5.97 Å². The van der Waals surface area contributed by atoms with Crippen molar-refractivity contribution < 1.29 is 19.5 Å². The minimum Gasteiger partial charge on any atom is -0.480 e. The average Bonchev–Trinajstić information content (AvgIpc) is 2.76. The second-order valence-electron chi connectivity index (χ2n) is 3.82. The molecule has 0 bridgehead atoms. The van der Waals surface area contributed by atoms with Gasteiger partial charge in [0.15, 0.2) is 0 Å². The number of anilines is 1. The summed E-state index contributed by atoms with van der Waals surface area (Å²) in [4.78, 5) is 34.8. The van der Waals surface area contributed by atoms with Crippen LogP contribution < -0.4 is 11.1 Å². The van der Waals surface area contributed by atoms with Crippen molar-refractivity contribution in [1.82, 2.24) is 4.90 Å². The molecule has 0 aliphatic rings. The number of rotatable bonds is 7. The summed E-state index contributed by atoms with van der Waals surface area (Å²) in [6, 6.07) is 1.50. The zero-order valence-electron chi connectivity index (χ0n) is 10.5. The summed E-state index contributed by atoms with van der Waals surface area (Å²) in [5.41, 5.74) is 5.36.